The number of amides is 1. The quantitative estimate of drug-likeness (QED) is 0.230. The number of hydrogen-bond donors (Lipinski definition) is 1. The highest BCUT2D eigenvalue weighted by Crippen LogP contribution is 2.44. The second-order valence-electron chi connectivity index (χ2n) is 9.17. The number of aromatic nitrogens is 2. The number of carbonyl (C=O) groups excluding carboxylic acids is 1. The Labute approximate surface area is 230 Å². The molecule has 0 spiro atoms. The molecular weight excluding hydrogens is 517 g/mol. The Bertz CT molecular complexity index is 1570. The third-order valence-corrected chi connectivity index (χ3v) is 7.20. The molecule has 0 radical (unpaired) electrons. The summed E-state index contributed by atoms with van der Waals surface area (Å²) >= 11 is 12.1. The van der Waals surface area contributed by atoms with Crippen molar-refractivity contribution >= 4 is 29.1 Å². The van der Waals surface area contributed by atoms with E-state index in [-0.39, 0.29) is 11.9 Å². The van der Waals surface area contributed by atoms with E-state index in [0.29, 0.717) is 28.9 Å². The van der Waals surface area contributed by atoms with Crippen LogP contribution in [0.2, 0.25) is 10.0 Å². The molecule has 5 aromatic rings. The molecule has 7 heteroatoms. The number of nitrogens with zero attached hydrogens (tertiary/aromatic N) is 2. The zero-order chi connectivity index (χ0) is 26.1. The predicted octanol–water partition coefficient (Wildman–Crippen LogP) is 7.71. The lowest BCUT2D eigenvalue weighted by atomic mass is 9.96. The zero-order valence-corrected chi connectivity index (χ0v) is 21.8. The SMILES string of the molecule is O=C1c2[nH]nc(-c3ccc(Cl)cc3)c2C(c2ccc(OCc3ccc(Cl)cc3)cc2)N1Cc1ccccc1. The number of aromatic amines is 1. The zero-order valence-electron chi connectivity index (χ0n) is 20.3. The second kappa shape index (κ2) is 10.4. The first kappa shape index (κ1) is 24.3. The van der Waals surface area contributed by atoms with Gasteiger partial charge >= 0.3 is 0 Å². The molecule has 1 aliphatic rings. The van der Waals surface area contributed by atoms with Crippen LogP contribution in [-0.4, -0.2) is 21.0 Å². The van der Waals surface area contributed by atoms with Gasteiger partial charge in [0.25, 0.3) is 5.91 Å². The van der Waals surface area contributed by atoms with Gasteiger partial charge in [0.15, 0.2) is 0 Å². The van der Waals surface area contributed by atoms with Crippen LogP contribution in [0.1, 0.15) is 38.8 Å². The van der Waals surface area contributed by atoms with E-state index < -0.39 is 0 Å². The van der Waals surface area contributed by atoms with E-state index in [1.54, 1.807) is 0 Å². The highest BCUT2D eigenvalue weighted by Gasteiger charge is 2.42. The Morgan fingerprint density at radius 1 is 0.789 bits per heavy atom. The first-order valence-corrected chi connectivity index (χ1v) is 13.0. The Kier molecular flexibility index (Phi) is 6.62. The summed E-state index contributed by atoms with van der Waals surface area (Å²) in [6.45, 7) is 0.910. The van der Waals surface area contributed by atoms with Crippen LogP contribution in [0.15, 0.2) is 103 Å². The summed E-state index contributed by atoms with van der Waals surface area (Å²) in [5.74, 6) is 0.664. The molecule has 0 aliphatic carbocycles. The fraction of sp³-hybridized carbons (Fsp3) is 0.0968. The summed E-state index contributed by atoms with van der Waals surface area (Å²) in [6.07, 6.45) is 0. The van der Waals surface area contributed by atoms with Gasteiger partial charge in [-0.3, -0.25) is 9.89 Å². The van der Waals surface area contributed by atoms with Crippen molar-refractivity contribution in [3.8, 4) is 17.0 Å². The van der Waals surface area contributed by atoms with Crippen LogP contribution in [0, 0.1) is 0 Å². The summed E-state index contributed by atoms with van der Waals surface area (Å²) in [4.78, 5) is 15.5. The van der Waals surface area contributed by atoms with Gasteiger partial charge in [0.2, 0.25) is 0 Å². The van der Waals surface area contributed by atoms with Crippen LogP contribution in [-0.2, 0) is 13.2 Å². The summed E-state index contributed by atoms with van der Waals surface area (Å²) < 4.78 is 6.00. The number of fused-ring (bicyclic) bond motifs is 1. The molecule has 1 aromatic heterocycles. The van der Waals surface area contributed by atoms with Gasteiger partial charge < -0.3 is 9.64 Å². The third kappa shape index (κ3) is 4.78. The smallest absolute Gasteiger partial charge is 0.273 e. The van der Waals surface area contributed by atoms with E-state index >= 15 is 0 Å². The predicted molar refractivity (Wildman–Crippen MR) is 149 cm³/mol. The van der Waals surface area contributed by atoms with Crippen molar-refractivity contribution < 1.29 is 9.53 Å². The Morgan fingerprint density at radius 2 is 1.45 bits per heavy atom. The van der Waals surface area contributed by atoms with E-state index in [2.05, 4.69) is 10.2 Å². The number of carbonyl (C=O) groups is 1. The Morgan fingerprint density at radius 3 is 2.13 bits per heavy atom. The third-order valence-electron chi connectivity index (χ3n) is 6.69. The Hall–Kier alpha value is -4.06. The summed E-state index contributed by atoms with van der Waals surface area (Å²) in [7, 11) is 0. The molecule has 4 aromatic carbocycles. The van der Waals surface area contributed by atoms with E-state index in [4.69, 9.17) is 27.9 Å². The van der Waals surface area contributed by atoms with Crippen molar-refractivity contribution in [1.82, 2.24) is 15.1 Å². The number of rotatable bonds is 7. The van der Waals surface area contributed by atoms with Crippen LogP contribution in [0.5, 0.6) is 5.75 Å². The van der Waals surface area contributed by atoms with Crippen LogP contribution in [0.4, 0.5) is 0 Å². The molecule has 6 rings (SSSR count). The van der Waals surface area contributed by atoms with Gasteiger partial charge in [0.1, 0.15) is 18.1 Å². The molecule has 0 bridgehead atoms. The average Bonchev–Trinajstić information content (AvgIpc) is 3.49. The lowest BCUT2D eigenvalue weighted by Crippen LogP contribution is -2.29. The normalized spacial score (nSPS) is 14.5. The van der Waals surface area contributed by atoms with Crippen molar-refractivity contribution in [2.24, 2.45) is 0 Å². The first-order chi connectivity index (χ1) is 18.6. The molecular formula is C31H23Cl2N3O2. The molecule has 1 aliphatic heterocycles. The van der Waals surface area contributed by atoms with Crippen molar-refractivity contribution in [2.75, 3.05) is 0 Å². The molecule has 1 amide bonds. The molecule has 1 N–H and O–H groups in total. The lowest BCUT2D eigenvalue weighted by molar-refractivity contribution is 0.0730. The number of benzene rings is 4. The van der Waals surface area contributed by atoms with E-state index in [0.717, 1.165) is 39.3 Å². The van der Waals surface area contributed by atoms with Crippen molar-refractivity contribution in [2.45, 2.75) is 19.2 Å². The number of H-pyrrole nitrogens is 1. The topological polar surface area (TPSA) is 58.2 Å². The fourth-order valence-electron chi connectivity index (χ4n) is 4.81. The monoisotopic (exact) mass is 539 g/mol. The molecule has 0 fully saturated rings. The molecule has 1 unspecified atom stereocenters. The van der Waals surface area contributed by atoms with E-state index in [1.807, 2.05) is 108 Å². The standard InChI is InChI=1S/C31H23Cl2N3O2/c32-24-12-6-21(7-13-24)19-38-26-16-10-23(11-17-26)30-27-28(22-8-14-25(33)15-9-22)34-35-29(27)31(37)36(30)18-20-4-2-1-3-5-20/h1-17,30H,18-19H2,(H,34,35). The van der Waals surface area contributed by atoms with Crippen LogP contribution >= 0.6 is 23.2 Å². The van der Waals surface area contributed by atoms with Gasteiger partial charge in [-0.25, -0.2) is 0 Å². The van der Waals surface area contributed by atoms with Gasteiger partial charge in [-0.15, -0.1) is 0 Å². The van der Waals surface area contributed by atoms with Gasteiger partial charge in [0, 0.05) is 27.7 Å². The number of nitrogens with one attached hydrogen (secondary N) is 1. The van der Waals surface area contributed by atoms with E-state index in [9.17, 15) is 4.79 Å². The van der Waals surface area contributed by atoms with Gasteiger partial charge in [0.05, 0.1) is 11.7 Å². The lowest BCUT2D eigenvalue weighted by Gasteiger charge is -2.26. The highest BCUT2D eigenvalue weighted by atomic mass is 35.5. The molecule has 2 heterocycles. The minimum Gasteiger partial charge on any atom is -0.489 e. The molecule has 5 nitrogen and oxygen atoms in total. The minimum absolute atomic E-state index is 0.0790. The summed E-state index contributed by atoms with van der Waals surface area (Å²) in [5, 5.41) is 8.89. The highest BCUT2D eigenvalue weighted by molar-refractivity contribution is 6.30. The van der Waals surface area contributed by atoms with Gasteiger partial charge in [-0.2, -0.15) is 5.10 Å². The maximum atomic E-state index is 13.6. The number of hydrogen-bond acceptors (Lipinski definition) is 3. The summed E-state index contributed by atoms with van der Waals surface area (Å²) in [6, 6.07) is 32.7. The Balaban J connectivity index is 1.34. The molecule has 38 heavy (non-hydrogen) atoms. The maximum absolute atomic E-state index is 13.6. The molecule has 1 atom stereocenters. The molecule has 0 saturated heterocycles. The van der Waals surface area contributed by atoms with Crippen LogP contribution < -0.4 is 4.74 Å². The van der Waals surface area contributed by atoms with Crippen LogP contribution in [0.25, 0.3) is 11.3 Å². The second-order valence-corrected chi connectivity index (χ2v) is 10.0. The summed E-state index contributed by atoms with van der Waals surface area (Å²) in [5.41, 5.74) is 6.08. The maximum Gasteiger partial charge on any atom is 0.273 e. The van der Waals surface area contributed by atoms with Crippen molar-refractivity contribution in [3.05, 3.63) is 141 Å². The largest absolute Gasteiger partial charge is 0.489 e. The number of ether oxygens (including phenoxy) is 1. The average molecular weight is 540 g/mol. The van der Waals surface area contributed by atoms with Crippen LogP contribution in [0.3, 0.4) is 0 Å². The minimum atomic E-state index is -0.313. The molecule has 0 saturated carbocycles. The fourth-order valence-corrected chi connectivity index (χ4v) is 5.06. The van der Waals surface area contributed by atoms with Crippen molar-refractivity contribution in [3.63, 3.8) is 0 Å². The van der Waals surface area contributed by atoms with Gasteiger partial charge in [-0.05, 0) is 53.1 Å². The van der Waals surface area contributed by atoms with Crippen molar-refractivity contribution in [1.29, 1.82) is 0 Å². The molecule has 188 valence electrons. The first-order valence-electron chi connectivity index (χ1n) is 12.2. The van der Waals surface area contributed by atoms with E-state index in [1.165, 1.54) is 0 Å². The number of halogens is 2. The van der Waals surface area contributed by atoms with Gasteiger partial charge in [-0.1, -0.05) is 89.9 Å².